The van der Waals surface area contributed by atoms with Gasteiger partial charge in [-0.3, -0.25) is 0 Å². The van der Waals surface area contributed by atoms with Crippen LogP contribution in [-0.2, 0) is 6.42 Å². The molecule has 2 heteroatoms. The predicted octanol–water partition coefficient (Wildman–Crippen LogP) is 10.1. The number of benzene rings is 4. The van der Waals surface area contributed by atoms with Gasteiger partial charge in [0, 0.05) is 10.9 Å². The Kier molecular flexibility index (Phi) is 6.12. The topological polar surface area (TPSA) is 26.0 Å². The van der Waals surface area contributed by atoms with Crippen LogP contribution in [0.1, 0.15) is 36.3 Å². The van der Waals surface area contributed by atoms with E-state index >= 15 is 0 Å². The van der Waals surface area contributed by atoms with Crippen LogP contribution < -0.4 is 0 Å². The van der Waals surface area contributed by atoms with E-state index < -0.39 is 0 Å². The van der Waals surface area contributed by atoms with E-state index in [2.05, 4.69) is 119 Å². The van der Waals surface area contributed by atoms with Crippen molar-refractivity contribution >= 4 is 21.9 Å². The zero-order valence-corrected chi connectivity index (χ0v) is 22.8. The van der Waals surface area contributed by atoms with Gasteiger partial charge < -0.3 is 4.42 Å². The van der Waals surface area contributed by atoms with Gasteiger partial charge in [-0.15, -0.1) is 0 Å². The first-order valence-electron chi connectivity index (χ1n) is 13.5. The second-order valence-electron chi connectivity index (χ2n) is 10.9. The van der Waals surface area contributed by atoms with Crippen molar-refractivity contribution < 1.29 is 4.42 Å². The molecule has 0 aliphatic carbocycles. The Balaban J connectivity index is 1.60. The smallest absolute Gasteiger partial charge is 0.227 e. The van der Waals surface area contributed by atoms with Gasteiger partial charge >= 0.3 is 0 Å². The Morgan fingerprint density at radius 1 is 0.684 bits per heavy atom. The second kappa shape index (κ2) is 9.61. The number of fused-ring (bicyclic) bond motifs is 2. The molecule has 2 nitrogen and oxygen atoms in total. The van der Waals surface area contributed by atoms with Gasteiger partial charge in [0.1, 0.15) is 5.76 Å². The summed E-state index contributed by atoms with van der Waals surface area (Å²) in [5, 5.41) is 3.51. The van der Waals surface area contributed by atoms with E-state index in [1.54, 1.807) is 0 Å². The number of aryl methyl sites for hydroxylation is 3. The van der Waals surface area contributed by atoms with Gasteiger partial charge in [0.15, 0.2) is 0 Å². The van der Waals surface area contributed by atoms with E-state index in [1.807, 2.05) is 6.92 Å². The molecule has 0 spiro atoms. The standard InChI is InChI=1S/C36H33NO/c1-22(2)15-26-16-23(3)35(24(4)17-26)32-21-34(37-36-33(32)18-25(5)38-36)29-19-28-13-9-10-14-30(28)31(20-29)27-11-7-6-8-12-27/h6-14,16-22H,15H2,1-5H3. The van der Waals surface area contributed by atoms with Crippen molar-refractivity contribution in [2.45, 2.75) is 41.0 Å². The maximum Gasteiger partial charge on any atom is 0.227 e. The highest BCUT2D eigenvalue weighted by atomic mass is 16.3. The third-order valence-corrected chi connectivity index (χ3v) is 7.38. The number of nitrogens with zero attached hydrogens (tertiary/aromatic N) is 1. The van der Waals surface area contributed by atoms with Crippen LogP contribution in [0.4, 0.5) is 0 Å². The van der Waals surface area contributed by atoms with E-state index in [-0.39, 0.29) is 0 Å². The van der Waals surface area contributed by atoms with E-state index in [0.29, 0.717) is 11.6 Å². The van der Waals surface area contributed by atoms with Gasteiger partial charge in [0.05, 0.1) is 5.69 Å². The highest BCUT2D eigenvalue weighted by Gasteiger charge is 2.18. The summed E-state index contributed by atoms with van der Waals surface area (Å²) < 4.78 is 6.14. The highest BCUT2D eigenvalue weighted by Crippen LogP contribution is 2.40. The summed E-state index contributed by atoms with van der Waals surface area (Å²) in [5.74, 6) is 1.50. The molecule has 38 heavy (non-hydrogen) atoms. The molecule has 6 rings (SSSR count). The summed E-state index contributed by atoms with van der Waals surface area (Å²) in [7, 11) is 0. The summed E-state index contributed by atoms with van der Waals surface area (Å²) in [6.45, 7) is 11.0. The number of hydrogen-bond donors (Lipinski definition) is 0. The third-order valence-electron chi connectivity index (χ3n) is 7.38. The van der Waals surface area contributed by atoms with E-state index in [4.69, 9.17) is 9.40 Å². The fourth-order valence-corrected chi connectivity index (χ4v) is 5.87. The SMILES string of the molecule is Cc1cc2c(-c3c(C)cc(CC(C)C)cc3C)cc(-c3cc(-c4ccccc4)c4ccccc4c3)nc2o1. The minimum atomic E-state index is 0.627. The number of aromatic nitrogens is 1. The van der Waals surface area contributed by atoms with Crippen molar-refractivity contribution in [2.24, 2.45) is 5.92 Å². The van der Waals surface area contributed by atoms with Gasteiger partial charge in [-0.05, 0) is 107 Å². The summed E-state index contributed by atoms with van der Waals surface area (Å²) in [6.07, 6.45) is 1.09. The molecule has 0 amide bonds. The van der Waals surface area contributed by atoms with Gasteiger partial charge in [0.2, 0.25) is 5.71 Å². The lowest BCUT2D eigenvalue weighted by atomic mass is 9.89. The number of furan rings is 1. The molecular formula is C36H33NO. The van der Waals surface area contributed by atoms with Crippen LogP contribution in [0.25, 0.3) is 55.4 Å². The zero-order chi connectivity index (χ0) is 26.4. The number of rotatable bonds is 5. The normalized spacial score (nSPS) is 11.6. The first-order chi connectivity index (χ1) is 18.4. The lowest BCUT2D eigenvalue weighted by molar-refractivity contribution is 0.568. The molecule has 188 valence electrons. The first kappa shape index (κ1) is 24.2. The van der Waals surface area contributed by atoms with Crippen LogP contribution in [-0.4, -0.2) is 4.98 Å². The number of hydrogen-bond acceptors (Lipinski definition) is 2. The molecule has 0 aliphatic rings. The summed E-state index contributed by atoms with van der Waals surface area (Å²) in [6, 6.07) is 32.8. The Morgan fingerprint density at radius 3 is 2.13 bits per heavy atom. The predicted molar refractivity (Wildman–Crippen MR) is 161 cm³/mol. The molecule has 0 radical (unpaired) electrons. The van der Waals surface area contributed by atoms with Crippen molar-refractivity contribution in [3.05, 3.63) is 113 Å². The van der Waals surface area contributed by atoms with Gasteiger partial charge in [-0.25, -0.2) is 4.98 Å². The molecule has 0 N–H and O–H groups in total. The molecule has 0 bridgehead atoms. The Morgan fingerprint density at radius 2 is 1.39 bits per heavy atom. The van der Waals surface area contributed by atoms with E-state index in [0.717, 1.165) is 28.8 Å². The highest BCUT2D eigenvalue weighted by molar-refractivity contribution is 6.01. The largest absolute Gasteiger partial charge is 0.443 e. The maximum atomic E-state index is 6.14. The van der Waals surface area contributed by atoms with Gasteiger partial charge in [0.25, 0.3) is 0 Å². The van der Waals surface area contributed by atoms with Crippen molar-refractivity contribution in [1.29, 1.82) is 0 Å². The van der Waals surface area contributed by atoms with Crippen LogP contribution in [0, 0.1) is 26.7 Å². The van der Waals surface area contributed by atoms with Gasteiger partial charge in [-0.1, -0.05) is 80.6 Å². The molecule has 6 aromatic rings. The fourth-order valence-electron chi connectivity index (χ4n) is 5.87. The van der Waals surface area contributed by atoms with Crippen LogP contribution in [0.5, 0.6) is 0 Å². The van der Waals surface area contributed by atoms with Crippen LogP contribution in [0.15, 0.2) is 95.4 Å². The van der Waals surface area contributed by atoms with E-state index in [1.165, 1.54) is 49.7 Å². The fraction of sp³-hybridized carbons (Fsp3) is 0.194. The first-order valence-corrected chi connectivity index (χ1v) is 13.5. The molecule has 0 fully saturated rings. The molecule has 0 saturated carbocycles. The second-order valence-corrected chi connectivity index (χ2v) is 10.9. The van der Waals surface area contributed by atoms with Crippen molar-refractivity contribution in [1.82, 2.24) is 4.98 Å². The molecule has 0 atom stereocenters. The summed E-state index contributed by atoms with van der Waals surface area (Å²) >= 11 is 0. The van der Waals surface area contributed by atoms with Crippen molar-refractivity contribution in [3.8, 4) is 33.5 Å². The van der Waals surface area contributed by atoms with Crippen LogP contribution in [0.2, 0.25) is 0 Å². The Hall–Kier alpha value is -4.17. The number of pyridine rings is 1. The van der Waals surface area contributed by atoms with Crippen molar-refractivity contribution in [2.75, 3.05) is 0 Å². The molecule has 2 aromatic heterocycles. The average molecular weight is 496 g/mol. The molecule has 0 saturated heterocycles. The zero-order valence-electron chi connectivity index (χ0n) is 22.8. The van der Waals surface area contributed by atoms with E-state index in [9.17, 15) is 0 Å². The minimum Gasteiger partial charge on any atom is -0.443 e. The minimum absolute atomic E-state index is 0.627. The lowest BCUT2D eigenvalue weighted by Gasteiger charge is -2.16. The van der Waals surface area contributed by atoms with Gasteiger partial charge in [-0.2, -0.15) is 0 Å². The Labute approximate surface area is 225 Å². The monoisotopic (exact) mass is 495 g/mol. The maximum absolute atomic E-state index is 6.14. The molecule has 0 aliphatic heterocycles. The van der Waals surface area contributed by atoms with Crippen LogP contribution in [0.3, 0.4) is 0 Å². The average Bonchev–Trinajstić information content (AvgIpc) is 3.28. The quantitative estimate of drug-likeness (QED) is 0.238. The summed E-state index contributed by atoms with van der Waals surface area (Å²) in [5.41, 5.74) is 11.6. The third kappa shape index (κ3) is 4.41. The molecule has 0 unspecified atom stereocenters. The molecular weight excluding hydrogens is 462 g/mol. The summed E-state index contributed by atoms with van der Waals surface area (Å²) in [4.78, 5) is 5.04. The van der Waals surface area contributed by atoms with Crippen LogP contribution >= 0.6 is 0 Å². The lowest BCUT2D eigenvalue weighted by Crippen LogP contribution is -1.98. The molecule has 2 heterocycles. The molecule has 4 aromatic carbocycles. The van der Waals surface area contributed by atoms with Crippen molar-refractivity contribution in [3.63, 3.8) is 0 Å². The Bertz CT molecular complexity index is 1770.